The Morgan fingerprint density at radius 2 is 2.11 bits per heavy atom. The fourth-order valence-electron chi connectivity index (χ4n) is 2.50. The first kappa shape index (κ1) is 13.4. The minimum atomic E-state index is 0.457. The van der Waals surface area contributed by atoms with Crippen LogP contribution in [0.15, 0.2) is 17.1 Å². The third kappa shape index (κ3) is 3.99. The van der Waals surface area contributed by atoms with E-state index in [2.05, 4.69) is 21.8 Å². The van der Waals surface area contributed by atoms with Crippen molar-refractivity contribution in [2.24, 2.45) is 10.7 Å². The molecule has 2 saturated heterocycles. The molecule has 2 fully saturated rings. The quantitative estimate of drug-likeness (QED) is 0.420. The minimum absolute atomic E-state index is 0.457. The molecule has 2 aliphatic rings. The van der Waals surface area contributed by atoms with Crippen molar-refractivity contribution in [3.05, 3.63) is 12.2 Å². The highest BCUT2D eigenvalue weighted by atomic mass is 16.5. The zero-order chi connectivity index (χ0) is 13.0. The first-order valence-electron chi connectivity index (χ1n) is 6.69. The number of hydrogen-bond donors (Lipinski definition) is 2. The van der Waals surface area contributed by atoms with Gasteiger partial charge in [0.1, 0.15) is 0 Å². The number of nitrogens with two attached hydrogens (primary N) is 1. The molecule has 2 rings (SSSR count). The number of morpholine rings is 1. The molecule has 18 heavy (non-hydrogen) atoms. The molecule has 2 bridgehead atoms. The van der Waals surface area contributed by atoms with Gasteiger partial charge in [0.2, 0.25) is 0 Å². The normalized spacial score (nSPS) is 28.4. The van der Waals surface area contributed by atoms with Crippen molar-refractivity contribution in [1.29, 1.82) is 0 Å². The van der Waals surface area contributed by atoms with E-state index < -0.39 is 0 Å². The first-order chi connectivity index (χ1) is 8.63. The van der Waals surface area contributed by atoms with Crippen LogP contribution < -0.4 is 11.1 Å². The first-order valence-corrected chi connectivity index (χ1v) is 6.69. The number of aliphatic imine (C=N–C) groups is 1. The zero-order valence-electron chi connectivity index (χ0n) is 11.2. The maximum absolute atomic E-state index is 5.80. The largest absolute Gasteiger partial charge is 0.372 e. The van der Waals surface area contributed by atoms with Gasteiger partial charge in [0, 0.05) is 26.2 Å². The van der Waals surface area contributed by atoms with Gasteiger partial charge in [0.05, 0.1) is 18.8 Å². The molecule has 2 unspecified atom stereocenters. The smallest absolute Gasteiger partial charge is 0.188 e. The van der Waals surface area contributed by atoms with E-state index >= 15 is 0 Å². The van der Waals surface area contributed by atoms with Crippen molar-refractivity contribution >= 4 is 5.96 Å². The van der Waals surface area contributed by atoms with Crippen molar-refractivity contribution in [2.45, 2.75) is 32.0 Å². The van der Waals surface area contributed by atoms with Gasteiger partial charge in [-0.05, 0) is 19.8 Å². The van der Waals surface area contributed by atoms with Crippen molar-refractivity contribution in [2.75, 3.05) is 32.7 Å². The molecule has 2 heterocycles. The van der Waals surface area contributed by atoms with Crippen molar-refractivity contribution in [1.82, 2.24) is 10.2 Å². The highest BCUT2D eigenvalue weighted by Crippen LogP contribution is 2.25. The molecule has 2 aliphatic heterocycles. The van der Waals surface area contributed by atoms with Crippen LogP contribution in [-0.4, -0.2) is 55.8 Å². The van der Waals surface area contributed by atoms with Crippen LogP contribution in [0.4, 0.5) is 0 Å². The summed E-state index contributed by atoms with van der Waals surface area (Å²) in [6.07, 6.45) is 3.35. The van der Waals surface area contributed by atoms with Gasteiger partial charge in [-0.3, -0.25) is 4.90 Å². The monoisotopic (exact) mass is 252 g/mol. The number of nitrogens with zero attached hydrogens (tertiary/aromatic N) is 2. The molecule has 0 aliphatic carbocycles. The number of hydrogen-bond acceptors (Lipinski definition) is 3. The van der Waals surface area contributed by atoms with Gasteiger partial charge in [-0.15, -0.1) is 0 Å². The Hall–Kier alpha value is -1.07. The molecule has 0 amide bonds. The lowest BCUT2D eigenvalue weighted by molar-refractivity contribution is -0.0373. The highest BCUT2D eigenvalue weighted by Gasteiger charge is 2.33. The summed E-state index contributed by atoms with van der Waals surface area (Å²) in [5.41, 5.74) is 6.78. The second-order valence-corrected chi connectivity index (χ2v) is 5.30. The molecule has 0 aromatic carbocycles. The summed E-state index contributed by atoms with van der Waals surface area (Å²) in [6, 6.07) is 0. The Balaban J connectivity index is 1.63. The van der Waals surface area contributed by atoms with E-state index in [1.54, 1.807) is 0 Å². The molecule has 3 N–H and O–H groups in total. The second-order valence-electron chi connectivity index (χ2n) is 5.30. The lowest BCUT2D eigenvalue weighted by Gasteiger charge is -2.32. The fourth-order valence-corrected chi connectivity index (χ4v) is 2.50. The van der Waals surface area contributed by atoms with Gasteiger partial charge < -0.3 is 15.8 Å². The number of nitrogens with one attached hydrogen (secondary N) is 1. The Bertz CT molecular complexity index is 317. The van der Waals surface area contributed by atoms with Crippen LogP contribution in [0.2, 0.25) is 0 Å². The zero-order valence-corrected chi connectivity index (χ0v) is 11.2. The van der Waals surface area contributed by atoms with Crippen molar-refractivity contribution in [3.63, 3.8) is 0 Å². The van der Waals surface area contributed by atoms with Crippen LogP contribution in [0, 0.1) is 0 Å². The van der Waals surface area contributed by atoms with Crippen molar-refractivity contribution in [3.8, 4) is 0 Å². The van der Waals surface area contributed by atoms with Gasteiger partial charge in [-0.2, -0.15) is 0 Å². The average Bonchev–Trinajstić information content (AvgIpc) is 2.66. The Morgan fingerprint density at radius 3 is 2.72 bits per heavy atom. The lowest BCUT2D eigenvalue weighted by Crippen LogP contribution is -2.46. The number of fused-ring (bicyclic) bond motifs is 2. The summed E-state index contributed by atoms with van der Waals surface area (Å²) in [5.74, 6) is 0.509. The SMILES string of the molecule is C=C(C)CN=C(N)NCCN1CC2CCC(C1)O2. The predicted molar refractivity (Wildman–Crippen MR) is 73.6 cm³/mol. The summed E-state index contributed by atoms with van der Waals surface area (Å²) >= 11 is 0. The van der Waals surface area contributed by atoms with Gasteiger partial charge >= 0.3 is 0 Å². The molecule has 2 atom stereocenters. The predicted octanol–water partition coefficient (Wildman–Crippen LogP) is 0.330. The van der Waals surface area contributed by atoms with E-state index in [1.807, 2.05) is 6.92 Å². The fraction of sp³-hybridized carbons (Fsp3) is 0.769. The molecule has 5 nitrogen and oxygen atoms in total. The topological polar surface area (TPSA) is 62.9 Å². The summed E-state index contributed by atoms with van der Waals surface area (Å²) in [7, 11) is 0. The molecule has 5 heteroatoms. The molecular formula is C13H24N4O. The third-order valence-corrected chi connectivity index (χ3v) is 3.37. The lowest BCUT2D eigenvalue weighted by atomic mass is 10.2. The molecule has 0 aromatic heterocycles. The standard InChI is InChI=1S/C13H24N4O/c1-10(2)7-16-13(14)15-5-6-17-8-11-3-4-12(9-17)18-11/h11-12H,1,3-9H2,2H3,(H3,14,15,16). The van der Waals surface area contributed by atoms with Gasteiger partial charge in [-0.1, -0.05) is 12.2 Å². The Kier molecular flexibility index (Phi) is 4.60. The molecule has 0 radical (unpaired) electrons. The summed E-state index contributed by atoms with van der Waals surface area (Å²) in [5, 5.41) is 3.14. The molecular weight excluding hydrogens is 228 g/mol. The minimum Gasteiger partial charge on any atom is -0.372 e. The van der Waals surface area contributed by atoms with Gasteiger partial charge in [0.25, 0.3) is 0 Å². The third-order valence-electron chi connectivity index (χ3n) is 3.37. The van der Waals surface area contributed by atoms with Gasteiger partial charge in [-0.25, -0.2) is 4.99 Å². The van der Waals surface area contributed by atoms with Crippen LogP contribution in [0.5, 0.6) is 0 Å². The van der Waals surface area contributed by atoms with Crippen LogP contribution >= 0.6 is 0 Å². The number of rotatable bonds is 5. The van der Waals surface area contributed by atoms with E-state index in [1.165, 1.54) is 12.8 Å². The van der Waals surface area contributed by atoms with Crippen LogP contribution in [0.25, 0.3) is 0 Å². The molecule has 0 saturated carbocycles. The Labute approximate surface area is 109 Å². The molecule has 0 aromatic rings. The summed E-state index contributed by atoms with van der Waals surface area (Å²) in [6.45, 7) is 10.3. The molecule has 0 spiro atoms. The second kappa shape index (κ2) is 6.20. The maximum Gasteiger partial charge on any atom is 0.188 e. The average molecular weight is 252 g/mol. The summed E-state index contributed by atoms with van der Waals surface area (Å²) in [4.78, 5) is 6.64. The molecule has 102 valence electrons. The van der Waals surface area contributed by atoms with E-state index in [0.717, 1.165) is 31.8 Å². The van der Waals surface area contributed by atoms with Crippen LogP contribution in [-0.2, 0) is 4.74 Å². The number of likely N-dealkylation sites (tertiary alicyclic amines) is 1. The number of ether oxygens (including phenoxy) is 1. The summed E-state index contributed by atoms with van der Waals surface area (Å²) < 4.78 is 5.80. The van der Waals surface area contributed by atoms with E-state index in [0.29, 0.717) is 24.7 Å². The van der Waals surface area contributed by atoms with E-state index in [-0.39, 0.29) is 0 Å². The number of guanidine groups is 1. The van der Waals surface area contributed by atoms with E-state index in [4.69, 9.17) is 10.5 Å². The van der Waals surface area contributed by atoms with Crippen LogP contribution in [0.3, 0.4) is 0 Å². The van der Waals surface area contributed by atoms with Crippen molar-refractivity contribution < 1.29 is 4.74 Å². The Morgan fingerprint density at radius 1 is 1.44 bits per heavy atom. The maximum atomic E-state index is 5.80. The highest BCUT2D eigenvalue weighted by molar-refractivity contribution is 5.77. The van der Waals surface area contributed by atoms with Crippen LogP contribution in [0.1, 0.15) is 19.8 Å². The van der Waals surface area contributed by atoms with E-state index in [9.17, 15) is 0 Å². The van der Waals surface area contributed by atoms with Gasteiger partial charge in [0.15, 0.2) is 5.96 Å².